The number of hydrogen-bond acceptors (Lipinski definition) is 0. The lowest BCUT2D eigenvalue weighted by Gasteiger charge is -2.18. The minimum absolute atomic E-state index is 1.25. The van der Waals surface area contributed by atoms with E-state index in [2.05, 4.69) is 141 Å². The molecule has 0 unspecified atom stereocenters. The zero-order chi connectivity index (χ0) is 15.5. The van der Waals surface area contributed by atoms with Crippen LogP contribution in [0.25, 0.3) is 0 Å². The molecule has 3 rings (SSSR count). The molecular formula is C19H12I3. The Morgan fingerprint density at radius 3 is 0.864 bits per heavy atom. The fraction of sp³-hybridized carbons (Fsp3) is 0. The van der Waals surface area contributed by atoms with E-state index < -0.39 is 0 Å². The van der Waals surface area contributed by atoms with E-state index in [0.717, 1.165) is 0 Å². The van der Waals surface area contributed by atoms with Crippen molar-refractivity contribution in [2.45, 2.75) is 0 Å². The van der Waals surface area contributed by atoms with E-state index in [9.17, 15) is 0 Å². The quantitative estimate of drug-likeness (QED) is 0.231. The third-order valence-electron chi connectivity index (χ3n) is 3.40. The van der Waals surface area contributed by atoms with Crippen LogP contribution in [0.1, 0.15) is 16.7 Å². The van der Waals surface area contributed by atoms with Gasteiger partial charge in [0.25, 0.3) is 0 Å². The van der Waals surface area contributed by atoms with Crippen molar-refractivity contribution in [3.05, 3.63) is 106 Å². The van der Waals surface area contributed by atoms with Crippen molar-refractivity contribution in [1.82, 2.24) is 0 Å². The Hall–Kier alpha value is -0.150. The smallest absolute Gasteiger partial charge is 0.0567 e. The van der Waals surface area contributed by atoms with Gasteiger partial charge in [0.05, 0.1) is 5.92 Å². The molecule has 0 aliphatic carbocycles. The van der Waals surface area contributed by atoms with Gasteiger partial charge in [-0.15, -0.1) is 0 Å². The summed E-state index contributed by atoms with van der Waals surface area (Å²) < 4.78 is 3.77. The van der Waals surface area contributed by atoms with Gasteiger partial charge < -0.3 is 0 Å². The highest BCUT2D eigenvalue weighted by atomic mass is 127. The van der Waals surface area contributed by atoms with E-state index in [0.29, 0.717) is 0 Å². The zero-order valence-corrected chi connectivity index (χ0v) is 18.0. The summed E-state index contributed by atoms with van der Waals surface area (Å²) in [5, 5.41) is 0. The predicted molar refractivity (Wildman–Crippen MR) is 118 cm³/mol. The first kappa shape index (κ1) is 16.7. The molecule has 0 aromatic heterocycles. The molecule has 3 heteroatoms. The molecule has 0 atom stereocenters. The lowest BCUT2D eigenvalue weighted by molar-refractivity contribution is 1.22. The van der Waals surface area contributed by atoms with Gasteiger partial charge in [0.2, 0.25) is 0 Å². The summed E-state index contributed by atoms with van der Waals surface area (Å²) in [4.78, 5) is 0. The summed E-state index contributed by atoms with van der Waals surface area (Å²) in [6.45, 7) is 0. The molecule has 0 fully saturated rings. The van der Waals surface area contributed by atoms with E-state index in [-0.39, 0.29) is 0 Å². The summed E-state index contributed by atoms with van der Waals surface area (Å²) in [6, 6.07) is 26.2. The fourth-order valence-electron chi connectivity index (χ4n) is 2.35. The molecule has 0 N–H and O–H groups in total. The van der Waals surface area contributed by atoms with Crippen molar-refractivity contribution in [1.29, 1.82) is 0 Å². The van der Waals surface area contributed by atoms with Gasteiger partial charge in [0.15, 0.2) is 0 Å². The second-order valence-corrected chi connectivity index (χ2v) is 8.63. The van der Waals surface area contributed by atoms with Crippen LogP contribution in [-0.4, -0.2) is 0 Å². The van der Waals surface area contributed by atoms with Gasteiger partial charge in [-0.25, -0.2) is 0 Å². The maximum atomic E-state index is 2.35. The average molecular weight is 621 g/mol. The Balaban J connectivity index is 2.10. The molecule has 0 aliphatic heterocycles. The van der Waals surface area contributed by atoms with Crippen LogP contribution in [0.15, 0.2) is 72.8 Å². The molecule has 1 radical (unpaired) electrons. The topological polar surface area (TPSA) is 0 Å². The van der Waals surface area contributed by atoms with Gasteiger partial charge in [-0.1, -0.05) is 36.4 Å². The second kappa shape index (κ2) is 7.61. The van der Waals surface area contributed by atoms with Crippen molar-refractivity contribution < 1.29 is 0 Å². The molecule has 3 aromatic rings. The first-order valence-electron chi connectivity index (χ1n) is 6.78. The van der Waals surface area contributed by atoms with Crippen LogP contribution in [0.4, 0.5) is 0 Å². The molecule has 0 aliphatic rings. The molecule has 3 aromatic carbocycles. The Morgan fingerprint density at radius 1 is 0.409 bits per heavy atom. The highest BCUT2D eigenvalue weighted by molar-refractivity contribution is 14.1. The minimum atomic E-state index is 1.25. The van der Waals surface area contributed by atoms with Crippen molar-refractivity contribution in [3.8, 4) is 0 Å². The minimum Gasteiger partial charge on any atom is -0.0567 e. The number of benzene rings is 3. The van der Waals surface area contributed by atoms with E-state index >= 15 is 0 Å². The molecule has 0 spiro atoms. The van der Waals surface area contributed by atoms with Crippen LogP contribution >= 0.6 is 67.8 Å². The molecule has 0 bridgehead atoms. The van der Waals surface area contributed by atoms with Gasteiger partial charge in [-0.2, -0.15) is 0 Å². The summed E-state index contributed by atoms with van der Waals surface area (Å²) in [5.41, 5.74) is 3.76. The van der Waals surface area contributed by atoms with Crippen molar-refractivity contribution in [3.63, 3.8) is 0 Å². The Bertz CT molecular complexity index is 636. The van der Waals surface area contributed by atoms with E-state index in [1.165, 1.54) is 33.3 Å². The SMILES string of the molecule is Ic1ccc([C](c2ccc(I)cc2)c2ccc(I)cc2)cc1. The number of halogens is 3. The average Bonchev–Trinajstić information content (AvgIpc) is 2.53. The Labute approximate surface area is 172 Å². The molecule has 0 saturated heterocycles. The number of rotatable bonds is 3. The molecule has 0 nitrogen and oxygen atoms in total. The maximum absolute atomic E-state index is 2.35. The molecule has 0 saturated carbocycles. The Morgan fingerprint density at radius 2 is 0.636 bits per heavy atom. The first-order chi connectivity index (χ1) is 10.6. The lowest BCUT2D eigenvalue weighted by atomic mass is 9.85. The monoisotopic (exact) mass is 621 g/mol. The van der Waals surface area contributed by atoms with E-state index in [1.807, 2.05) is 0 Å². The summed E-state index contributed by atoms with van der Waals surface area (Å²) in [7, 11) is 0. The summed E-state index contributed by atoms with van der Waals surface area (Å²) in [6.07, 6.45) is 0. The Kier molecular flexibility index (Phi) is 5.78. The standard InChI is InChI=1S/C19H12I3/c20-16-7-1-13(2-8-16)19(14-3-9-17(21)10-4-14)15-5-11-18(22)12-6-15/h1-12H. The summed E-state index contributed by atoms with van der Waals surface area (Å²) in [5.74, 6) is 1.28. The predicted octanol–water partition coefficient (Wildman–Crippen LogP) is 6.52. The third kappa shape index (κ3) is 4.03. The van der Waals surface area contributed by atoms with E-state index in [4.69, 9.17) is 0 Å². The van der Waals surface area contributed by atoms with Gasteiger partial charge in [-0.05, 0) is 121 Å². The van der Waals surface area contributed by atoms with Gasteiger partial charge in [0.1, 0.15) is 0 Å². The summed E-state index contributed by atoms with van der Waals surface area (Å²) >= 11 is 7.04. The van der Waals surface area contributed by atoms with Crippen molar-refractivity contribution in [2.24, 2.45) is 0 Å². The highest BCUT2D eigenvalue weighted by Gasteiger charge is 2.17. The van der Waals surface area contributed by atoms with Crippen molar-refractivity contribution >= 4 is 67.8 Å². The maximum Gasteiger partial charge on any atom is 0.0629 e. The van der Waals surface area contributed by atoms with Crippen LogP contribution in [-0.2, 0) is 0 Å². The van der Waals surface area contributed by atoms with Crippen LogP contribution in [0.3, 0.4) is 0 Å². The van der Waals surface area contributed by atoms with Crippen LogP contribution in [0, 0.1) is 16.6 Å². The van der Waals surface area contributed by atoms with Crippen LogP contribution in [0.5, 0.6) is 0 Å². The molecule has 0 amide bonds. The van der Waals surface area contributed by atoms with Crippen LogP contribution in [0.2, 0.25) is 0 Å². The fourth-order valence-corrected chi connectivity index (χ4v) is 3.43. The normalized spacial score (nSPS) is 10.9. The zero-order valence-electron chi connectivity index (χ0n) is 11.6. The van der Waals surface area contributed by atoms with Gasteiger partial charge in [0, 0.05) is 10.7 Å². The highest BCUT2D eigenvalue weighted by Crippen LogP contribution is 2.32. The van der Waals surface area contributed by atoms with E-state index in [1.54, 1.807) is 0 Å². The lowest BCUT2D eigenvalue weighted by Crippen LogP contribution is -2.04. The first-order valence-corrected chi connectivity index (χ1v) is 10.0. The molecular weight excluding hydrogens is 609 g/mol. The van der Waals surface area contributed by atoms with Gasteiger partial charge >= 0.3 is 0 Å². The second-order valence-electron chi connectivity index (χ2n) is 4.90. The third-order valence-corrected chi connectivity index (χ3v) is 5.56. The largest absolute Gasteiger partial charge is 0.0629 e. The molecule has 109 valence electrons. The molecule has 0 heterocycles. The number of hydrogen-bond donors (Lipinski definition) is 0. The van der Waals surface area contributed by atoms with Crippen LogP contribution < -0.4 is 0 Å². The van der Waals surface area contributed by atoms with Crippen molar-refractivity contribution in [2.75, 3.05) is 0 Å². The van der Waals surface area contributed by atoms with Gasteiger partial charge in [-0.3, -0.25) is 0 Å². The molecule has 22 heavy (non-hydrogen) atoms.